The van der Waals surface area contributed by atoms with Gasteiger partial charge in [0.05, 0.1) is 28.9 Å². The van der Waals surface area contributed by atoms with Crippen LogP contribution < -0.4 is 15.0 Å². The van der Waals surface area contributed by atoms with Crippen LogP contribution in [0.25, 0.3) is 0 Å². The maximum atomic E-state index is 13.8. The number of nitrogens with zero attached hydrogens (tertiary/aromatic N) is 1. The first-order valence-electron chi connectivity index (χ1n) is 10.1. The normalized spacial score (nSPS) is 13.8. The van der Waals surface area contributed by atoms with Gasteiger partial charge >= 0.3 is 0 Å². The fourth-order valence-corrected chi connectivity index (χ4v) is 3.93. The van der Waals surface area contributed by atoms with Crippen molar-refractivity contribution in [3.05, 3.63) is 87.7 Å². The first kappa shape index (κ1) is 21.8. The monoisotopic (exact) mass is 460 g/mol. The van der Waals surface area contributed by atoms with E-state index in [-0.39, 0.29) is 12.4 Å². The van der Waals surface area contributed by atoms with E-state index in [1.807, 2.05) is 42.5 Å². The van der Waals surface area contributed by atoms with Gasteiger partial charge in [0.15, 0.2) is 0 Å². The van der Waals surface area contributed by atoms with Gasteiger partial charge in [0, 0.05) is 30.9 Å². The average Bonchev–Trinajstić information content (AvgIpc) is 2.79. The summed E-state index contributed by atoms with van der Waals surface area (Å²) in [5.41, 5.74) is 3.43. The molecule has 0 unspecified atom stereocenters. The largest absolute Gasteiger partial charge is 0.489 e. The maximum Gasteiger partial charge on any atom is 0.131 e. The zero-order valence-electron chi connectivity index (χ0n) is 16.9. The van der Waals surface area contributed by atoms with Crippen molar-refractivity contribution in [1.82, 2.24) is 0 Å². The van der Waals surface area contributed by atoms with Gasteiger partial charge in [-0.05, 0) is 48.0 Å². The number of halogens is 3. The molecule has 0 saturated carbocycles. The lowest BCUT2D eigenvalue weighted by molar-refractivity contribution is 0.122. The van der Waals surface area contributed by atoms with E-state index in [1.54, 1.807) is 12.1 Å². The number of anilines is 2. The van der Waals surface area contributed by atoms with Gasteiger partial charge in [0.1, 0.15) is 18.2 Å². The van der Waals surface area contributed by atoms with Gasteiger partial charge in [-0.1, -0.05) is 41.4 Å². The van der Waals surface area contributed by atoms with Crippen LogP contribution in [-0.2, 0) is 17.9 Å². The zero-order chi connectivity index (χ0) is 21.6. The minimum Gasteiger partial charge on any atom is -0.489 e. The van der Waals surface area contributed by atoms with Crippen LogP contribution in [0.5, 0.6) is 5.75 Å². The summed E-state index contributed by atoms with van der Waals surface area (Å²) in [7, 11) is 0. The summed E-state index contributed by atoms with van der Waals surface area (Å²) >= 11 is 12.5. The summed E-state index contributed by atoms with van der Waals surface area (Å²) in [6.07, 6.45) is 0. The maximum absolute atomic E-state index is 13.8. The Morgan fingerprint density at radius 1 is 0.968 bits per heavy atom. The van der Waals surface area contributed by atoms with Gasteiger partial charge in [-0.25, -0.2) is 4.39 Å². The third kappa shape index (κ3) is 5.62. The molecule has 7 heteroatoms. The highest BCUT2D eigenvalue weighted by atomic mass is 35.5. The molecule has 1 aliphatic heterocycles. The predicted octanol–water partition coefficient (Wildman–Crippen LogP) is 6.16. The average molecular weight is 461 g/mol. The van der Waals surface area contributed by atoms with Crippen molar-refractivity contribution in [3.63, 3.8) is 0 Å². The molecule has 1 heterocycles. The van der Waals surface area contributed by atoms with Crippen molar-refractivity contribution >= 4 is 34.6 Å². The summed E-state index contributed by atoms with van der Waals surface area (Å²) < 4.78 is 24.9. The molecule has 3 aromatic rings. The third-order valence-electron chi connectivity index (χ3n) is 5.16. The minimum atomic E-state index is -0.369. The lowest BCUT2D eigenvalue weighted by Crippen LogP contribution is -2.36. The van der Waals surface area contributed by atoms with E-state index in [2.05, 4.69) is 10.2 Å². The number of hydrogen-bond acceptors (Lipinski definition) is 4. The molecule has 0 aliphatic carbocycles. The van der Waals surface area contributed by atoms with E-state index < -0.39 is 0 Å². The predicted molar refractivity (Wildman–Crippen MR) is 124 cm³/mol. The van der Waals surface area contributed by atoms with Gasteiger partial charge in [0.25, 0.3) is 0 Å². The number of nitrogens with one attached hydrogen (secondary N) is 1. The molecule has 1 saturated heterocycles. The van der Waals surface area contributed by atoms with Crippen molar-refractivity contribution in [2.45, 2.75) is 13.2 Å². The van der Waals surface area contributed by atoms with Crippen molar-refractivity contribution in [1.29, 1.82) is 0 Å². The molecule has 162 valence electrons. The topological polar surface area (TPSA) is 33.7 Å². The van der Waals surface area contributed by atoms with Gasteiger partial charge in [0.2, 0.25) is 0 Å². The fraction of sp³-hybridized carbons (Fsp3) is 0.250. The molecular formula is C24H23Cl2FN2O2. The summed E-state index contributed by atoms with van der Waals surface area (Å²) in [5, 5.41) is 4.47. The highest BCUT2D eigenvalue weighted by Crippen LogP contribution is 2.30. The Hall–Kier alpha value is -2.47. The number of benzene rings is 3. The molecule has 1 aliphatic rings. The van der Waals surface area contributed by atoms with Crippen LogP contribution in [0.4, 0.5) is 15.8 Å². The summed E-state index contributed by atoms with van der Waals surface area (Å²) in [4.78, 5) is 2.24. The summed E-state index contributed by atoms with van der Waals surface area (Å²) in [6, 6.07) is 18.3. The summed E-state index contributed by atoms with van der Waals surface area (Å²) in [6.45, 7) is 3.88. The Morgan fingerprint density at radius 3 is 2.45 bits per heavy atom. The smallest absolute Gasteiger partial charge is 0.131 e. The number of ether oxygens (including phenoxy) is 2. The highest BCUT2D eigenvalue weighted by Gasteiger charge is 2.14. The van der Waals surface area contributed by atoms with E-state index in [4.69, 9.17) is 32.7 Å². The van der Waals surface area contributed by atoms with Gasteiger partial charge in [-0.3, -0.25) is 0 Å². The van der Waals surface area contributed by atoms with Crippen LogP contribution >= 0.6 is 23.2 Å². The SMILES string of the molecule is Fc1cccc(Cl)c1COc1ccc(CNc2ccc(N3CCOCC3)c(Cl)c2)cc1. The van der Waals surface area contributed by atoms with Crippen molar-refractivity contribution in [2.75, 3.05) is 36.5 Å². The molecule has 0 atom stereocenters. The molecule has 4 nitrogen and oxygen atoms in total. The van der Waals surface area contributed by atoms with Crippen LogP contribution in [0.3, 0.4) is 0 Å². The van der Waals surface area contributed by atoms with Crippen molar-refractivity contribution < 1.29 is 13.9 Å². The van der Waals surface area contributed by atoms with Crippen LogP contribution in [-0.4, -0.2) is 26.3 Å². The van der Waals surface area contributed by atoms with Gasteiger partial charge in [-0.15, -0.1) is 0 Å². The number of morpholine rings is 1. The van der Waals surface area contributed by atoms with Crippen LogP contribution in [0.2, 0.25) is 10.0 Å². The lowest BCUT2D eigenvalue weighted by Gasteiger charge is -2.29. The quantitative estimate of drug-likeness (QED) is 0.457. The van der Waals surface area contributed by atoms with Gasteiger partial charge in [-0.2, -0.15) is 0 Å². The second-order valence-electron chi connectivity index (χ2n) is 7.25. The first-order chi connectivity index (χ1) is 15.1. The molecule has 0 spiro atoms. The molecule has 31 heavy (non-hydrogen) atoms. The first-order valence-corrected chi connectivity index (χ1v) is 10.9. The van der Waals surface area contributed by atoms with E-state index in [0.717, 1.165) is 48.3 Å². The van der Waals surface area contributed by atoms with Gasteiger partial charge < -0.3 is 19.7 Å². The van der Waals surface area contributed by atoms with Crippen LogP contribution in [0.1, 0.15) is 11.1 Å². The second kappa shape index (κ2) is 10.2. The lowest BCUT2D eigenvalue weighted by atomic mass is 10.2. The molecular weight excluding hydrogens is 438 g/mol. The third-order valence-corrected chi connectivity index (χ3v) is 5.82. The number of rotatable bonds is 7. The molecule has 1 N–H and O–H groups in total. The second-order valence-corrected chi connectivity index (χ2v) is 8.07. The fourth-order valence-electron chi connectivity index (χ4n) is 3.41. The van der Waals surface area contributed by atoms with E-state index in [0.29, 0.717) is 22.9 Å². The standard InChI is InChI=1S/C24H23Cl2FN2O2/c25-21-2-1-3-23(27)20(21)16-31-19-7-4-17(5-8-19)15-28-18-6-9-24(22(26)14-18)29-10-12-30-13-11-29/h1-9,14,28H,10-13,15-16H2. The number of hydrogen-bond donors (Lipinski definition) is 1. The Balaban J connectivity index is 1.31. The van der Waals surface area contributed by atoms with E-state index in [9.17, 15) is 4.39 Å². The van der Waals surface area contributed by atoms with Crippen molar-refractivity contribution in [2.24, 2.45) is 0 Å². The molecule has 4 rings (SSSR count). The summed E-state index contributed by atoms with van der Waals surface area (Å²) in [5.74, 6) is 0.285. The van der Waals surface area contributed by atoms with Crippen molar-refractivity contribution in [3.8, 4) is 5.75 Å². The Morgan fingerprint density at radius 2 is 1.74 bits per heavy atom. The molecule has 1 fully saturated rings. The van der Waals surface area contributed by atoms with E-state index >= 15 is 0 Å². The molecule has 0 aromatic heterocycles. The Bertz CT molecular complexity index is 1000. The van der Waals surface area contributed by atoms with E-state index in [1.165, 1.54) is 6.07 Å². The molecule has 0 radical (unpaired) electrons. The molecule has 0 bridgehead atoms. The van der Waals surface area contributed by atoms with Crippen LogP contribution in [0, 0.1) is 5.82 Å². The molecule has 3 aromatic carbocycles. The minimum absolute atomic E-state index is 0.0805. The van der Waals surface area contributed by atoms with Crippen LogP contribution in [0.15, 0.2) is 60.7 Å². The zero-order valence-corrected chi connectivity index (χ0v) is 18.4. The highest BCUT2D eigenvalue weighted by molar-refractivity contribution is 6.33. The Kier molecular flexibility index (Phi) is 7.17. The molecule has 0 amide bonds. The Labute approximate surface area is 191 Å².